The maximum absolute atomic E-state index is 6.05. The molecule has 1 aromatic rings. The molecule has 3 nitrogen and oxygen atoms in total. The van der Waals surface area contributed by atoms with E-state index in [1.807, 2.05) is 6.92 Å². The zero-order chi connectivity index (χ0) is 13.5. The van der Waals surface area contributed by atoms with Crippen LogP contribution in [0, 0.1) is 19.8 Å². The van der Waals surface area contributed by atoms with Gasteiger partial charge in [-0.3, -0.25) is 0 Å². The molecule has 2 fully saturated rings. The van der Waals surface area contributed by atoms with Crippen molar-refractivity contribution in [2.75, 3.05) is 13.7 Å². The van der Waals surface area contributed by atoms with Gasteiger partial charge < -0.3 is 14.5 Å². The lowest BCUT2D eigenvalue weighted by atomic mass is 9.69. The monoisotopic (exact) mass is 263 g/mol. The number of furan rings is 1. The zero-order valence-corrected chi connectivity index (χ0v) is 12.3. The van der Waals surface area contributed by atoms with Crippen LogP contribution in [-0.4, -0.2) is 19.3 Å². The predicted molar refractivity (Wildman–Crippen MR) is 75.2 cm³/mol. The molecule has 19 heavy (non-hydrogen) atoms. The minimum Gasteiger partial charge on any atom is -0.466 e. The highest BCUT2D eigenvalue weighted by molar-refractivity contribution is 5.25. The third-order valence-electron chi connectivity index (χ3n) is 4.99. The molecule has 1 aromatic heterocycles. The van der Waals surface area contributed by atoms with Crippen molar-refractivity contribution in [3.63, 3.8) is 0 Å². The Morgan fingerprint density at radius 2 is 2.16 bits per heavy atom. The van der Waals surface area contributed by atoms with Gasteiger partial charge in [-0.25, -0.2) is 0 Å². The maximum atomic E-state index is 6.05. The minimum absolute atomic E-state index is 0.213. The Balaban J connectivity index is 1.80. The summed E-state index contributed by atoms with van der Waals surface area (Å²) in [4.78, 5) is 0. The number of rotatable bonds is 3. The third kappa shape index (κ3) is 2.34. The van der Waals surface area contributed by atoms with Crippen molar-refractivity contribution >= 4 is 0 Å². The molecule has 2 unspecified atom stereocenters. The van der Waals surface area contributed by atoms with Gasteiger partial charge in [0.25, 0.3) is 0 Å². The highest BCUT2D eigenvalue weighted by atomic mass is 16.5. The molecule has 2 heterocycles. The summed E-state index contributed by atoms with van der Waals surface area (Å²) in [5, 5.41) is 3.51. The van der Waals surface area contributed by atoms with E-state index in [2.05, 4.69) is 25.4 Å². The van der Waals surface area contributed by atoms with E-state index in [4.69, 9.17) is 9.15 Å². The van der Waals surface area contributed by atoms with Crippen LogP contribution in [-0.2, 0) is 4.74 Å². The zero-order valence-electron chi connectivity index (χ0n) is 12.3. The lowest BCUT2D eigenvalue weighted by Gasteiger charge is -2.48. The van der Waals surface area contributed by atoms with Crippen LogP contribution in [0.3, 0.4) is 0 Å². The van der Waals surface area contributed by atoms with E-state index in [0.29, 0.717) is 12.0 Å². The summed E-state index contributed by atoms with van der Waals surface area (Å²) in [7, 11) is 2.06. The molecule has 1 spiro atoms. The van der Waals surface area contributed by atoms with Crippen LogP contribution < -0.4 is 5.32 Å². The summed E-state index contributed by atoms with van der Waals surface area (Å²) in [6, 6.07) is 2.60. The second kappa shape index (κ2) is 4.95. The number of hydrogen-bond acceptors (Lipinski definition) is 3. The average Bonchev–Trinajstić information content (AvgIpc) is 2.68. The molecule has 0 amide bonds. The van der Waals surface area contributed by atoms with E-state index < -0.39 is 0 Å². The highest BCUT2D eigenvalue weighted by Gasteiger charge is 2.44. The van der Waals surface area contributed by atoms with Crippen LogP contribution in [0.4, 0.5) is 0 Å². The molecule has 2 aliphatic rings. The van der Waals surface area contributed by atoms with Gasteiger partial charge in [0.15, 0.2) is 0 Å². The first-order chi connectivity index (χ1) is 9.13. The van der Waals surface area contributed by atoms with Crippen LogP contribution in [0.5, 0.6) is 0 Å². The van der Waals surface area contributed by atoms with Gasteiger partial charge in [-0.15, -0.1) is 0 Å². The Labute approximate surface area is 115 Å². The van der Waals surface area contributed by atoms with E-state index in [1.165, 1.54) is 31.2 Å². The van der Waals surface area contributed by atoms with E-state index in [9.17, 15) is 0 Å². The lowest BCUT2D eigenvalue weighted by molar-refractivity contribution is -0.147. The fraction of sp³-hybridized carbons (Fsp3) is 0.750. The summed E-state index contributed by atoms with van der Waals surface area (Å²) >= 11 is 0. The van der Waals surface area contributed by atoms with Crippen molar-refractivity contribution < 1.29 is 9.15 Å². The van der Waals surface area contributed by atoms with E-state index in [1.54, 1.807) is 0 Å². The molecule has 1 N–H and O–H groups in total. The normalized spacial score (nSPS) is 27.2. The highest BCUT2D eigenvalue weighted by Crippen LogP contribution is 2.47. The first-order valence-electron chi connectivity index (χ1n) is 7.52. The average molecular weight is 263 g/mol. The maximum Gasteiger partial charge on any atom is 0.105 e. The van der Waals surface area contributed by atoms with Crippen molar-refractivity contribution in [2.24, 2.45) is 5.92 Å². The van der Waals surface area contributed by atoms with Gasteiger partial charge in [0.05, 0.1) is 5.60 Å². The summed E-state index contributed by atoms with van der Waals surface area (Å²) in [6.07, 6.45) is 6.19. The molecule has 1 aliphatic carbocycles. The first-order valence-corrected chi connectivity index (χ1v) is 7.52. The number of nitrogens with one attached hydrogen (secondary N) is 1. The van der Waals surface area contributed by atoms with Gasteiger partial charge in [0, 0.05) is 18.2 Å². The van der Waals surface area contributed by atoms with Crippen LogP contribution in [0.25, 0.3) is 0 Å². The van der Waals surface area contributed by atoms with E-state index >= 15 is 0 Å². The fourth-order valence-electron chi connectivity index (χ4n) is 3.87. The number of ether oxygens (including phenoxy) is 1. The number of aryl methyl sites for hydroxylation is 2. The molecular formula is C16H25NO2. The Hall–Kier alpha value is -0.800. The van der Waals surface area contributed by atoms with Crippen molar-refractivity contribution in [1.29, 1.82) is 0 Å². The summed E-state index contributed by atoms with van der Waals surface area (Å²) in [5.74, 6) is 2.74. The molecule has 0 bridgehead atoms. The van der Waals surface area contributed by atoms with Crippen LogP contribution in [0.2, 0.25) is 0 Å². The molecule has 1 saturated heterocycles. The fourth-order valence-corrected chi connectivity index (χ4v) is 3.87. The van der Waals surface area contributed by atoms with Crippen molar-refractivity contribution in [3.05, 3.63) is 23.2 Å². The van der Waals surface area contributed by atoms with Gasteiger partial charge in [0.1, 0.15) is 11.5 Å². The van der Waals surface area contributed by atoms with Gasteiger partial charge in [-0.2, -0.15) is 0 Å². The second-order valence-corrected chi connectivity index (χ2v) is 6.27. The smallest absolute Gasteiger partial charge is 0.105 e. The van der Waals surface area contributed by atoms with Crippen LogP contribution in [0.15, 0.2) is 10.5 Å². The first kappa shape index (κ1) is 13.2. The topological polar surface area (TPSA) is 34.4 Å². The largest absolute Gasteiger partial charge is 0.466 e. The summed E-state index contributed by atoms with van der Waals surface area (Å²) < 4.78 is 11.8. The van der Waals surface area contributed by atoms with Gasteiger partial charge >= 0.3 is 0 Å². The molecule has 1 aliphatic heterocycles. The molecule has 2 atom stereocenters. The predicted octanol–water partition coefficient (Wildman–Crippen LogP) is 3.51. The summed E-state index contributed by atoms with van der Waals surface area (Å²) in [5.41, 5.74) is 1.55. The second-order valence-electron chi connectivity index (χ2n) is 6.27. The van der Waals surface area contributed by atoms with Crippen molar-refractivity contribution in [1.82, 2.24) is 5.32 Å². The Morgan fingerprint density at radius 1 is 1.37 bits per heavy atom. The standard InChI is InChI=1S/C16H25NO2/c1-11-9-14(12(2)19-11)15(17-3)13-5-8-18-16(10-13)6-4-7-16/h9,13,15,17H,4-8,10H2,1-3H3. The molecule has 106 valence electrons. The Morgan fingerprint density at radius 3 is 2.68 bits per heavy atom. The number of hydrogen-bond donors (Lipinski definition) is 1. The molecule has 0 radical (unpaired) electrons. The quantitative estimate of drug-likeness (QED) is 0.906. The van der Waals surface area contributed by atoms with Crippen LogP contribution >= 0.6 is 0 Å². The molecule has 0 aromatic carbocycles. The van der Waals surface area contributed by atoms with Crippen molar-refractivity contribution in [3.8, 4) is 0 Å². The Kier molecular flexibility index (Phi) is 3.44. The lowest BCUT2D eigenvalue weighted by Crippen LogP contribution is -2.47. The molecule has 1 saturated carbocycles. The van der Waals surface area contributed by atoms with Gasteiger partial charge in [-0.05, 0) is 65.0 Å². The Bertz CT molecular complexity index is 448. The van der Waals surface area contributed by atoms with Gasteiger partial charge in [0.2, 0.25) is 0 Å². The minimum atomic E-state index is 0.213. The SMILES string of the molecule is CNC(c1cc(C)oc1C)C1CCOC2(CCC2)C1. The molecule has 3 heteroatoms. The van der Waals surface area contributed by atoms with E-state index in [-0.39, 0.29) is 5.60 Å². The summed E-state index contributed by atoms with van der Waals surface area (Å²) in [6.45, 7) is 5.02. The van der Waals surface area contributed by atoms with Crippen LogP contribution in [0.1, 0.15) is 55.2 Å². The molecular weight excluding hydrogens is 238 g/mol. The van der Waals surface area contributed by atoms with Gasteiger partial charge in [-0.1, -0.05) is 0 Å². The third-order valence-corrected chi connectivity index (χ3v) is 4.99. The van der Waals surface area contributed by atoms with E-state index in [0.717, 1.165) is 24.5 Å². The van der Waals surface area contributed by atoms with Crippen molar-refractivity contribution in [2.45, 2.75) is 57.6 Å². The molecule has 3 rings (SSSR count).